The Balaban J connectivity index is 2.09. The third-order valence-corrected chi connectivity index (χ3v) is 3.49. The summed E-state index contributed by atoms with van der Waals surface area (Å²) in [6, 6.07) is 0. The molecule has 0 unspecified atom stereocenters. The quantitative estimate of drug-likeness (QED) is 0.763. The summed E-state index contributed by atoms with van der Waals surface area (Å²) in [5, 5.41) is 6.04. The summed E-state index contributed by atoms with van der Waals surface area (Å²) in [6.45, 7) is 0.150. The largest absolute Gasteiger partial charge is 0.337 e. The Morgan fingerprint density at radius 1 is 1.56 bits per heavy atom. The van der Waals surface area contributed by atoms with Crippen LogP contribution in [0.1, 0.15) is 5.82 Å². The molecule has 0 fully saturated rings. The highest BCUT2D eigenvalue weighted by Crippen LogP contribution is 2.05. The number of nitrogens with zero attached hydrogens (tertiary/aromatic N) is 3. The van der Waals surface area contributed by atoms with Crippen LogP contribution in [-0.2, 0) is 23.6 Å². The Morgan fingerprint density at radius 2 is 2.38 bits per heavy atom. The number of hydrogen-bond acceptors (Lipinski definition) is 4. The highest BCUT2D eigenvalue weighted by molar-refractivity contribution is 7.89. The highest BCUT2D eigenvalue weighted by atomic mass is 32.2. The van der Waals surface area contributed by atoms with Crippen molar-refractivity contribution in [1.82, 2.24) is 24.5 Å². The standard InChI is InChI=1S/C8H11N5O2S/c1-13-3-2-9-8(13)6-12-16(14,15)7-4-10-11-5-7/h2-5,12H,6H2,1H3,(H,10,11). The maximum atomic E-state index is 11.7. The lowest BCUT2D eigenvalue weighted by Gasteiger charge is -2.04. The predicted molar refractivity (Wildman–Crippen MR) is 55.8 cm³/mol. The van der Waals surface area contributed by atoms with Crippen molar-refractivity contribution in [3.63, 3.8) is 0 Å². The molecule has 0 aliphatic carbocycles. The van der Waals surface area contributed by atoms with E-state index in [1.165, 1.54) is 12.4 Å². The van der Waals surface area contributed by atoms with E-state index in [0.717, 1.165) is 0 Å². The van der Waals surface area contributed by atoms with E-state index in [2.05, 4.69) is 19.9 Å². The van der Waals surface area contributed by atoms with E-state index >= 15 is 0 Å². The van der Waals surface area contributed by atoms with Crippen LogP contribution in [0, 0.1) is 0 Å². The second-order valence-electron chi connectivity index (χ2n) is 3.21. The van der Waals surface area contributed by atoms with Crippen LogP contribution in [-0.4, -0.2) is 28.2 Å². The van der Waals surface area contributed by atoms with Crippen LogP contribution < -0.4 is 4.72 Å². The first-order valence-corrected chi connectivity index (χ1v) is 6.02. The number of rotatable bonds is 4. The molecule has 0 aliphatic heterocycles. The minimum absolute atomic E-state index is 0.113. The Kier molecular flexibility index (Phi) is 2.75. The Hall–Kier alpha value is -1.67. The van der Waals surface area contributed by atoms with Gasteiger partial charge in [0.05, 0.1) is 12.7 Å². The molecule has 2 rings (SSSR count). The smallest absolute Gasteiger partial charge is 0.244 e. The molecule has 0 spiro atoms. The molecule has 2 aromatic rings. The van der Waals surface area contributed by atoms with E-state index in [-0.39, 0.29) is 11.4 Å². The molecule has 2 N–H and O–H groups in total. The van der Waals surface area contributed by atoms with Gasteiger partial charge in [-0.05, 0) is 0 Å². The normalized spacial score (nSPS) is 11.8. The van der Waals surface area contributed by atoms with Gasteiger partial charge in [0.15, 0.2) is 0 Å². The van der Waals surface area contributed by atoms with Gasteiger partial charge in [-0.25, -0.2) is 18.1 Å². The van der Waals surface area contributed by atoms with Crippen LogP contribution in [0.3, 0.4) is 0 Å². The second kappa shape index (κ2) is 4.06. The average molecular weight is 241 g/mol. The summed E-state index contributed by atoms with van der Waals surface area (Å²) < 4.78 is 27.6. The molecule has 0 saturated carbocycles. The number of imidazole rings is 1. The van der Waals surface area contributed by atoms with Crippen molar-refractivity contribution in [3.05, 3.63) is 30.6 Å². The molecule has 2 heterocycles. The Morgan fingerprint density at radius 3 is 2.94 bits per heavy atom. The fraction of sp³-hybridized carbons (Fsp3) is 0.250. The molecule has 0 amide bonds. The molecular formula is C8H11N5O2S. The first kappa shape index (κ1) is 10.8. The van der Waals surface area contributed by atoms with Crippen LogP contribution in [0.25, 0.3) is 0 Å². The van der Waals surface area contributed by atoms with E-state index in [1.807, 2.05) is 0 Å². The van der Waals surface area contributed by atoms with Gasteiger partial charge in [-0.3, -0.25) is 5.10 Å². The zero-order chi connectivity index (χ0) is 11.6. The van der Waals surface area contributed by atoms with Crippen LogP contribution in [0.4, 0.5) is 0 Å². The van der Waals surface area contributed by atoms with Gasteiger partial charge in [0.25, 0.3) is 0 Å². The zero-order valence-electron chi connectivity index (χ0n) is 8.58. The molecule has 0 aliphatic rings. The number of sulfonamides is 1. The summed E-state index contributed by atoms with van der Waals surface area (Å²) in [4.78, 5) is 4.13. The van der Waals surface area contributed by atoms with E-state index in [0.29, 0.717) is 5.82 Å². The lowest BCUT2D eigenvalue weighted by molar-refractivity contribution is 0.577. The van der Waals surface area contributed by atoms with Crippen LogP contribution in [0.5, 0.6) is 0 Å². The number of H-pyrrole nitrogens is 1. The Bertz CT molecular complexity index is 557. The minimum atomic E-state index is -3.51. The van der Waals surface area contributed by atoms with E-state index < -0.39 is 10.0 Å². The summed E-state index contributed by atoms with van der Waals surface area (Å²) in [7, 11) is -1.71. The fourth-order valence-electron chi connectivity index (χ4n) is 1.20. The van der Waals surface area contributed by atoms with Gasteiger partial charge in [-0.15, -0.1) is 0 Å². The van der Waals surface area contributed by atoms with Gasteiger partial charge in [-0.2, -0.15) is 5.10 Å². The van der Waals surface area contributed by atoms with Gasteiger partial charge in [-0.1, -0.05) is 0 Å². The number of aromatic amines is 1. The molecule has 0 bridgehead atoms. The maximum Gasteiger partial charge on any atom is 0.244 e. The van der Waals surface area contributed by atoms with E-state index in [4.69, 9.17) is 0 Å². The first-order chi connectivity index (χ1) is 7.59. The molecule has 0 aromatic carbocycles. The highest BCUT2D eigenvalue weighted by Gasteiger charge is 2.15. The lowest BCUT2D eigenvalue weighted by Crippen LogP contribution is -2.24. The molecule has 0 saturated heterocycles. The van der Waals surface area contributed by atoms with Gasteiger partial charge < -0.3 is 4.57 Å². The molecule has 2 aromatic heterocycles. The van der Waals surface area contributed by atoms with Crippen molar-refractivity contribution in [3.8, 4) is 0 Å². The molecular weight excluding hydrogens is 230 g/mol. The summed E-state index contributed by atoms with van der Waals surface area (Å²) in [5.41, 5.74) is 0. The van der Waals surface area contributed by atoms with E-state index in [9.17, 15) is 8.42 Å². The summed E-state index contributed by atoms with van der Waals surface area (Å²) in [6.07, 6.45) is 5.93. The van der Waals surface area contributed by atoms with Crippen LogP contribution >= 0.6 is 0 Å². The second-order valence-corrected chi connectivity index (χ2v) is 4.98. The Labute approximate surface area is 92.6 Å². The van der Waals surface area contributed by atoms with Crippen molar-refractivity contribution in [2.45, 2.75) is 11.4 Å². The number of nitrogens with one attached hydrogen (secondary N) is 2. The molecule has 0 atom stereocenters. The van der Waals surface area contributed by atoms with Crippen LogP contribution in [0.15, 0.2) is 29.7 Å². The number of aromatic nitrogens is 4. The number of aryl methyl sites for hydroxylation is 1. The first-order valence-electron chi connectivity index (χ1n) is 4.54. The number of hydrogen-bond donors (Lipinski definition) is 2. The van der Waals surface area contributed by atoms with Crippen LogP contribution in [0.2, 0.25) is 0 Å². The average Bonchev–Trinajstić information content (AvgIpc) is 2.85. The topological polar surface area (TPSA) is 92.7 Å². The van der Waals surface area contributed by atoms with E-state index in [1.54, 1.807) is 24.0 Å². The van der Waals surface area contributed by atoms with Crippen molar-refractivity contribution < 1.29 is 8.42 Å². The third-order valence-electron chi connectivity index (χ3n) is 2.12. The monoisotopic (exact) mass is 241 g/mol. The third kappa shape index (κ3) is 2.12. The molecule has 0 radical (unpaired) electrons. The maximum absolute atomic E-state index is 11.7. The van der Waals surface area contributed by atoms with Gasteiger partial charge in [0.2, 0.25) is 10.0 Å². The van der Waals surface area contributed by atoms with Gasteiger partial charge >= 0.3 is 0 Å². The lowest BCUT2D eigenvalue weighted by atomic mass is 10.6. The molecule has 7 nitrogen and oxygen atoms in total. The van der Waals surface area contributed by atoms with Crippen molar-refractivity contribution in [2.75, 3.05) is 0 Å². The fourth-order valence-corrected chi connectivity index (χ4v) is 2.08. The molecule has 16 heavy (non-hydrogen) atoms. The van der Waals surface area contributed by atoms with Crippen molar-refractivity contribution >= 4 is 10.0 Å². The predicted octanol–water partition coefficient (Wildman–Crippen LogP) is -0.378. The van der Waals surface area contributed by atoms with Crippen molar-refractivity contribution in [1.29, 1.82) is 0 Å². The SMILES string of the molecule is Cn1ccnc1CNS(=O)(=O)c1cn[nH]c1. The van der Waals surface area contributed by atoms with Crippen molar-refractivity contribution in [2.24, 2.45) is 7.05 Å². The van der Waals surface area contributed by atoms with Gasteiger partial charge in [0, 0.05) is 25.6 Å². The molecule has 8 heteroatoms. The summed E-state index contributed by atoms with van der Waals surface area (Å²) in [5.74, 6) is 0.645. The molecule has 86 valence electrons. The summed E-state index contributed by atoms with van der Waals surface area (Å²) >= 11 is 0. The minimum Gasteiger partial charge on any atom is -0.337 e. The van der Waals surface area contributed by atoms with Gasteiger partial charge in [0.1, 0.15) is 10.7 Å². The zero-order valence-corrected chi connectivity index (χ0v) is 9.40.